The van der Waals surface area contributed by atoms with Gasteiger partial charge < -0.3 is 14.3 Å². The predicted octanol–water partition coefficient (Wildman–Crippen LogP) is 1.76. The van der Waals surface area contributed by atoms with Gasteiger partial charge in [0.05, 0.1) is 14.2 Å². The molecule has 1 rings (SSSR count). The number of benzene rings is 1. The van der Waals surface area contributed by atoms with Crippen LogP contribution in [0.25, 0.3) is 0 Å². The maximum absolute atomic E-state index is 9.78. The molecular formula is C8H9NO4. The molecule has 0 radical (unpaired) electrons. The van der Waals surface area contributed by atoms with Gasteiger partial charge in [0.15, 0.2) is 22.6 Å². The van der Waals surface area contributed by atoms with Gasteiger partial charge in [-0.3, -0.25) is 0 Å². The van der Waals surface area contributed by atoms with Crippen LogP contribution >= 0.6 is 0 Å². The first kappa shape index (κ1) is 9.31. The molecule has 0 amide bonds. The quantitative estimate of drug-likeness (QED) is 0.527. The number of rotatable bonds is 4. The summed E-state index contributed by atoms with van der Waals surface area (Å²) in [6.45, 7) is 0. The summed E-state index contributed by atoms with van der Waals surface area (Å²) in [5, 5.41) is 2.29. The van der Waals surface area contributed by atoms with Gasteiger partial charge >= 0.3 is 0 Å². The van der Waals surface area contributed by atoms with Crippen molar-refractivity contribution in [1.29, 1.82) is 0 Å². The molecule has 0 bridgehead atoms. The van der Waals surface area contributed by atoms with E-state index in [0.29, 0.717) is 17.2 Å². The number of nitrogens with zero attached hydrogens (tertiary/aromatic N) is 1. The standard InChI is InChI=1S/C8H9NO4/c1-11-7-4-3-6(13-9-10)5-8(7)12-2/h3-5H,1-2H3. The van der Waals surface area contributed by atoms with Crippen LogP contribution < -0.4 is 14.3 Å². The van der Waals surface area contributed by atoms with Gasteiger partial charge in [-0.2, -0.15) is 0 Å². The van der Waals surface area contributed by atoms with Crippen LogP contribution in [-0.4, -0.2) is 14.2 Å². The van der Waals surface area contributed by atoms with E-state index >= 15 is 0 Å². The topological polar surface area (TPSA) is 57.1 Å². The second-order valence-corrected chi connectivity index (χ2v) is 2.18. The van der Waals surface area contributed by atoms with Crippen molar-refractivity contribution in [2.75, 3.05) is 14.2 Å². The molecule has 0 heterocycles. The minimum Gasteiger partial charge on any atom is -0.493 e. The first-order valence-corrected chi connectivity index (χ1v) is 3.53. The molecule has 0 atom stereocenters. The van der Waals surface area contributed by atoms with Crippen molar-refractivity contribution >= 4 is 0 Å². The SMILES string of the molecule is COc1ccc(ON=O)cc1OC. The molecule has 5 nitrogen and oxygen atoms in total. The summed E-state index contributed by atoms with van der Waals surface area (Å²) >= 11 is 0. The summed E-state index contributed by atoms with van der Waals surface area (Å²) in [6.07, 6.45) is 0. The fourth-order valence-corrected chi connectivity index (χ4v) is 0.916. The van der Waals surface area contributed by atoms with E-state index in [0.717, 1.165) is 0 Å². The zero-order valence-electron chi connectivity index (χ0n) is 7.31. The second-order valence-electron chi connectivity index (χ2n) is 2.18. The van der Waals surface area contributed by atoms with Gasteiger partial charge in [-0.25, -0.2) is 0 Å². The molecule has 0 spiro atoms. The molecule has 5 heteroatoms. The Morgan fingerprint density at radius 1 is 1.15 bits per heavy atom. The highest BCUT2D eigenvalue weighted by Gasteiger charge is 2.04. The van der Waals surface area contributed by atoms with Crippen LogP contribution in [0.5, 0.6) is 17.2 Å². The molecule has 0 aliphatic carbocycles. The smallest absolute Gasteiger partial charge is 0.165 e. The summed E-state index contributed by atoms with van der Waals surface area (Å²) in [4.78, 5) is 14.2. The lowest BCUT2D eigenvalue weighted by atomic mass is 10.3. The van der Waals surface area contributed by atoms with Gasteiger partial charge in [-0.1, -0.05) is 0 Å². The fourth-order valence-electron chi connectivity index (χ4n) is 0.916. The lowest BCUT2D eigenvalue weighted by Crippen LogP contribution is -1.90. The maximum Gasteiger partial charge on any atom is 0.165 e. The third-order valence-electron chi connectivity index (χ3n) is 1.50. The fraction of sp³-hybridized carbons (Fsp3) is 0.250. The average Bonchev–Trinajstić information content (AvgIpc) is 2.18. The molecule has 0 N–H and O–H groups in total. The van der Waals surface area contributed by atoms with E-state index < -0.39 is 0 Å². The number of hydrogen-bond donors (Lipinski definition) is 0. The van der Waals surface area contributed by atoms with Crippen LogP contribution in [0.15, 0.2) is 23.5 Å². The van der Waals surface area contributed by atoms with Crippen molar-refractivity contribution in [3.05, 3.63) is 23.1 Å². The minimum atomic E-state index is 0.313. The Morgan fingerprint density at radius 2 is 1.85 bits per heavy atom. The van der Waals surface area contributed by atoms with Gasteiger partial charge in [-0.15, -0.1) is 4.91 Å². The number of methoxy groups -OCH3 is 2. The molecule has 1 aromatic rings. The van der Waals surface area contributed by atoms with Gasteiger partial charge in [0, 0.05) is 6.07 Å². The third-order valence-corrected chi connectivity index (χ3v) is 1.50. The molecule has 0 aliphatic heterocycles. The second kappa shape index (κ2) is 4.30. The predicted molar refractivity (Wildman–Crippen MR) is 46.0 cm³/mol. The summed E-state index contributed by atoms with van der Waals surface area (Å²) in [6, 6.07) is 4.70. The Bertz CT molecular complexity index is 300. The molecule has 0 aliphatic rings. The minimum absolute atomic E-state index is 0.313. The van der Waals surface area contributed by atoms with Gasteiger partial charge in [0.25, 0.3) is 0 Å². The highest BCUT2D eigenvalue weighted by Crippen LogP contribution is 2.30. The van der Waals surface area contributed by atoms with E-state index in [1.54, 1.807) is 12.1 Å². The summed E-state index contributed by atoms with van der Waals surface area (Å²) < 4.78 is 9.95. The monoisotopic (exact) mass is 183 g/mol. The van der Waals surface area contributed by atoms with Crippen molar-refractivity contribution in [3.63, 3.8) is 0 Å². The Morgan fingerprint density at radius 3 is 2.38 bits per heavy atom. The average molecular weight is 183 g/mol. The Balaban J connectivity index is 2.98. The molecular weight excluding hydrogens is 174 g/mol. The molecule has 1 aromatic carbocycles. The van der Waals surface area contributed by atoms with Crippen LogP contribution in [0.4, 0.5) is 0 Å². The molecule has 0 saturated heterocycles. The van der Waals surface area contributed by atoms with Crippen molar-refractivity contribution < 1.29 is 14.3 Å². The Hall–Kier alpha value is -1.78. The molecule has 0 aromatic heterocycles. The summed E-state index contributed by atoms with van der Waals surface area (Å²) in [7, 11) is 3.02. The normalized spacial score (nSPS) is 9.08. The van der Waals surface area contributed by atoms with Gasteiger partial charge in [-0.05, 0) is 12.1 Å². The van der Waals surface area contributed by atoms with Crippen molar-refractivity contribution in [3.8, 4) is 17.2 Å². The van der Waals surface area contributed by atoms with Crippen molar-refractivity contribution in [2.45, 2.75) is 0 Å². The Kier molecular flexibility index (Phi) is 3.08. The maximum atomic E-state index is 9.78. The van der Waals surface area contributed by atoms with Crippen LogP contribution in [-0.2, 0) is 0 Å². The third kappa shape index (κ3) is 2.08. The van der Waals surface area contributed by atoms with E-state index in [1.807, 2.05) is 0 Å². The largest absolute Gasteiger partial charge is 0.493 e. The van der Waals surface area contributed by atoms with E-state index in [9.17, 15) is 4.91 Å². The highest BCUT2D eigenvalue weighted by molar-refractivity contribution is 5.45. The lowest BCUT2D eigenvalue weighted by molar-refractivity contribution is 0.323. The van der Waals surface area contributed by atoms with E-state index in [1.165, 1.54) is 20.3 Å². The van der Waals surface area contributed by atoms with Crippen LogP contribution in [0.1, 0.15) is 0 Å². The van der Waals surface area contributed by atoms with Gasteiger partial charge in [0.2, 0.25) is 0 Å². The zero-order chi connectivity index (χ0) is 9.68. The number of ether oxygens (including phenoxy) is 2. The van der Waals surface area contributed by atoms with Gasteiger partial charge in [0.1, 0.15) is 0 Å². The first-order chi connectivity index (χ1) is 6.31. The summed E-state index contributed by atoms with van der Waals surface area (Å²) in [5.74, 6) is 1.37. The highest BCUT2D eigenvalue weighted by atomic mass is 16.7. The van der Waals surface area contributed by atoms with Crippen LogP contribution in [0.2, 0.25) is 0 Å². The molecule has 70 valence electrons. The van der Waals surface area contributed by atoms with Crippen LogP contribution in [0, 0.1) is 4.91 Å². The zero-order valence-corrected chi connectivity index (χ0v) is 7.31. The molecule has 13 heavy (non-hydrogen) atoms. The Labute approximate surface area is 75.2 Å². The first-order valence-electron chi connectivity index (χ1n) is 3.53. The molecule has 0 unspecified atom stereocenters. The van der Waals surface area contributed by atoms with Crippen LogP contribution in [0.3, 0.4) is 0 Å². The van der Waals surface area contributed by atoms with E-state index in [4.69, 9.17) is 9.47 Å². The van der Waals surface area contributed by atoms with Crippen molar-refractivity contribution in [1.82, 2.24) is 0 Å². The lowest BCUT2D eigenvalue weighted by Gasteiger charge is -2.06. The van der Waals surface area contributed by atoms with E-state index in [-0.39, 0.29) is 0 Å². The van der Waals surface area contributed by atoms with Crippen molar-refractivity contribution in [2.24, 2.45) is 5.34 Å². The molecule has 0 saturated carbocycles. The summed E-state index contributed by atoms with van der Waals surface area (Å²) in [5.41, 5.74) is 0. The molecule has 0 fully saturated rings. The van der Waals surface area contributed by atoms with E-state index in [2.05, 4.69) is 10.2 Å². The number of hydrogen-bond acceptors (Lipinski definition) is 5.